The van der Waals surface area contributed by atoms with Crippen LogP contribution >= 0.6 is 0 Å². The predicted octanol–water partition coefficient (Wildman–Crippen LogP) is 15.9. The van der Waals surface area contributed by atoms with Gasteiger partial charge in [-0.15, -0.1) is 0 Å². The third-order valence-corrected chi connectivity index (χ3v) is 13.2. The van der Waals surface area contributed by atoms with Gasteiger partial charge in [0.1, 0.15) is 0 Å². The Balaban J connectivity index is 1.14. The number of hydrogen-bond donors (Lipinski definition) is 0. The molecule has 1 nitrogen and oxygen atoms in total. The number of anilines is 3. The van der Waals surface area contributed by atoms with E-state index in [1.807, 2.05) is 0 Å². The number of nitrogens with zero attached hydrogens (tertiary/aromatic N) is 1. The largest absolute Gasteiger partial charge is 0.310 e. The van der Waals surface area contributed by atoms with Gasteiger partial charge < -0.3 is 4.90 Å². The lowest BCUT2D eigenvalue weighted by molar-refractivity contribution is 0.660. The van der Waals surface area contributed by atoms with E-state index >= 15 is 0 Å². The van der Waals surface area contributed by atoms with Crippen LogP contribution in [0.3, 0.4) is 0 Å². The van der Waals surface area contributed by atoms with Gasteiger partial charge in [0.15, 0.2) is 0 Å². The molecule has 11 rings (SSSR count). The summed E-state index contributed by atoms with van der Waals surface area (Å²) in [5.41, 5.74) is 21.4. The van der Waals surface area contributed by atoms with Gasteiger partial charge in [0.25, 0.3) is 0 Å². The molecule has 0 fully saturated rings. The SMILES string of the molecule is CC1(C)c2cc(N(c3ccc4c(c3)C(C)(C)c3cccc(-c5ccccc5)c3-4)c3cc(-c4ccccc4)c4ccccc4c3)ccc2-c2c(-c3ccccc3)cccc21. The zero-order valence-electron chi connectivity index (χ0n) is 34.0. The van der Waals surface area contributed by atoms with Crippen LogP contribution in [0, 0.1) is 0 Å². The molecule has 59 heavy (non-hydrogen) atoms. The molecule has 0 saturated carbocycles. The highest BCUT2D eigenvalue weighted by Crippen LogP contribution is 2.56. The third kappa shape index (κ3) is 5.45. The van der Waals surface area contributed by atoms with Crippen molar-refractivity contribution >= 4 is 27.8 Å². The molecular formula is C58H45N. The second-order valence-electron chi connectivity index (χ2n) is 17.3. The Morgan fingerprint density at radius 2 is 0.746 bits per heavy atom. The summed E-state index contributed by atoms with van der Waals surface area (Å²) >= 11 is 0. The van der Waals surface area contributed by atoms with Crippen LogP contribution in [-0.4, -0.2) is 0 Å². The van der Waals surface area contributed by atoms with Crippen molar-refractivity contribution in [3.05, 3.63) is 222 Å². The monoisotopic (exact) mass is 755 g/mol. The Kier molecular flexibility index (Phi) is 7.94. The van der Waals surface area contributed by atoms with E-state index in [-0.39, 0.29) is 10.8 Å². The van der Waals surface area contributed by atoms with Crippen LogP contribution in [0.15, 0.2) is 200 Å². The second-order valence-corrected chi connectivity index (χ2v) is 17.3. The summed E-state index contributed by atoms with van der Waals surface area (Å²) in [6, 6.07) is 74.3. The third-order valence-electron chi connectivity index (χ3n) is 13.2. The van der Waals surface area contributed by atoms with E-state index < -0.39 is 0 Å². The minimum Gasteiger partial charge on any atom is -0.310 e. The molecule has 2 aliphatic carbocycles. The van der Waals surface area contributed by atoms with E-state index in [1.54, 1.807) is 0 Å². The van der Waals surface area contributed by atoms with Crippen molar-refractivity contribution in [3.63, 3.8) is 0 Å². The van der Waals surface area contributed by atoms with Gasteiger partial charge in [0.2, 0.25) is 0 Å². The van der Waals surface area contributed by atoms with Gasteiger partial charge in [-0.2, -0.15) is 0 Å². The van der Waals surface area contributed by atoms with Gasteiger partial charge >= 0.3 is 0 Å². The van der Waals surface area contributed by atoms with Crippen molar-refractivity contribution in [2.75, 3.05) is 4.90 Å². The van der Waals surface area contributed by atoms with E-state index in [4.69, 9.17) is 0 Å². The van der Waals surface area contributed by atoms with E-state index in [1.165, 1.54) is 88.7 Å². The molecule has 9 aromatic rings. The highest BCUT2D eigenvalue weighted by atomic mass is 15.1. The summed E-state index contributed by atoms with van der Waals surface area (Å²) in [5.74, 6) is 0. The van der Waals surface area contributed by atoms with Crippen LogP contribution in [0.4, 0.5) is 17.1 Å². The molecule has 0 heterocycles. The fourth-order valence-electron chi connectivity index (χ4n) is 10.3. The lowest BCUT2D eigenvalue weighted by atomic mass is 9.81. The minimum absolute atomic E-state index is 0.189. The lowest BCUT2D eigenvalue weighted by Crippen LogP contribution is -2.18. The lowest BCUT2D eigenvalue weighted by Gasteiger charge is -2.30. The molecule has 0 N–H and O–H groups in total. The van der Waals surface area contributed by atoms with Crippen LogP contribution in [0.25, 0.3) is 66.4 Å². The van der Waals surface area contributed by atoms with Crippen LogP contribution < -0.4 is 4.90 Å². The van der Waals surface area contributed by atoms with Crippen molar-refractivity contribution in [2.24, 2.45) is 0 Å². The molecule has 0 aliphatic heterocycles. The fourth-order valence-corrected chi connectivity index (χ4v) is 10.3. The average Bonchev–Trinajstić information content (AvgIpc) is 3.66. The zero-order valence-corrected chi connectivity index (χ0v) is 34.0. The molecule has 0 spiro atoms. The average molecular weight is 756 g/mol. The summed E-state index contributed by atoms with van der Waals surface area (Å²) in [5, 5.41) is 2.47. The molecular weight excluding hydrogens is 711 g/mol. The fraction of sp³-hybridized carbons (Fsp3) is 0.103. The molecule has 1 heteroatoms. The Morgan fingerprint density at radius 1 is 0.305 bits per heavy atom. The molecule has 0 amide bonds. The van der Waals surface area contributed by atoms with E-state index in [0.29, 0.717) is 0 Å². The smallest absolute Gasteiger partial charge is 0.0474 e. The number of rotatable bonds is 6. The van der Waals surface area contributed by atoms with Crippen LogP contribution in [0.5, 0.6) is 0 Å². The van der Waals surface area contributed by atoms with Crippen molar-refractivity contribution in [1.82, 2.24) is 0 Å². The van der Waals surface area contributed by atoms with Crippen molar-refractivity contribution in [1.29, 1.82) is 0 Å². The first-order chi connectivity index (χ1) is 28.8. The zero-order chi connectivity index (χ0) is 39.9. The van der Waals surface area contributed by atoms with Crippen LogP contribution in [-0.2, 0) is 10.8 Å². The molecule has 282 valence electrons. The molecule has 0 aromatic heterocycles. The summed E-state index contributed by atoms with van der Waals surface area (Å²) in [6.45, 7) is 9.57. The van der Waals surface area contributed by atoms with Crippen molar-refractivity contribution < 1.29 is 0 Å². The first-order valence-corrected chi connectivity index (χ1v) is 20.8. The van der Waals surface area contributed by atoms with Gasteiger partial charge in [-0.05, 0) is 125 Å². The van der Waals surface area contributed by atoms with Gasteiger partial charge in [-0.3, -0.25) is 0 Å². The minimum atomic E-state index is -0.189. The number of benzene rings is 9. The van der Waals surface area contributed by atoms with E-state index in [2.05, 4.69) is 233 Å². The van der Waals surface area contributed by atoms with E-state index in [0.717, 1.165) is 17.1 Å². The quantitative estimate of drug-likeness (QED) is 0.163. The van der Waals surface area contributed by atoms with Crippen LogP contribution in [0.2, 0.25) is 0 Å². The molecule has 0 unspecified atom stereocenters. The molecule has 0 bridgehead atoms. The van der Waals surface area contributed by atoms with E-state index in [9.17, 15) is 0 Å². The second kappa shape index (κ2) is 13.3. The Labute approximate surface area is 347 Å². The highest BCUT2D eigenvalue weighted by Gasteiger charge is 2.39. The molecule has 9 aromatic carbocycles. The predicted molar refractivity (Wildman–Crippen MR) is 250 cm³/mol. The Hall–Kier alpha value is -6.96. The van der Waals surface area contributed by atoms with Gasteiger partial charge in [-0.1, -0.05) is 191 Å². The maximum absolute atomic E-state index is 2.51. The molecule has 0 atom stereocenters. The topological polar surface area (TPSA) is 3.24 Å². The summed E-state index contributed by atoms with van der Waals surface area (Å²) in [7, 11) is 0. The molecule has 2 aliphatic rings. The number of fused-ring (bicyclic) bond motifs is 7. The Morgan fingerprint density at radius 3 is 1.24 bits per heavy atom. The van der Waals surface area contributed by atoms with Crippen molar-refractivity contribution in [2.45, 2.75) is 38.5 Å². The molecule has 0 saturated heterocycles. The molecule has 0 radical (unpaired) electrons. The van der Waals surface area contributed by atoms with Crippen LogP contribution in [0.1, 0.15) is 49.9 Å². The summed E-state index contributed by atoms with van der Waals surface area (Å²) in [4.78, 5) is 2.51. The van der Waals surface area contributed by atoms with Gasteiger partial charge in [0.05, 0.1) is 0 Å². The number of hydrogen-bond acceptors (Lipinski definition) is 1. The maximum atomic E-state index is 2.51. The standard InChI is InChI=1S/C58H45N/c1-57(2)51-28-16-26-46(38-18-8-5-9-19-38)55(51)48-32-30-42(36-53(48)57)59(44-34-41-24-14-15-25-45(41)50(35-44)40-22-12-7-13-23-40)43-31-33-49-54(37-43)58(3,4)52-29-17-27-47(56(49)52)39-20-10-6-11-21-39/h5-37H,1-4H3. The van der Waals surface area contributed by atoms with Gasteiger partial charge in [0, 0.05) is 27.9 Å². The first kappa shape index (κ1) is 35.2. The maximum Gasteiger partial charge on any atom is 0.0474 e. The Bertz CT molecular complexity index is 2930. The van der Waals surface area contributed by atoms with Gasteiger partial charge in [-0.25, -0.2) is 0 Å². The van der Waals surface area contributed by atoms with Crippen molar-refractivity contribution in [3.8, 4) is 55.6 Å². The summed E-state index contributed by atoms with van der Waals surface area (Å²) in [6.07, 6.45) is 0. The highest BCUT2D eigenvalue weighted by molar-refractivity contribution is 6.02. The first-order valence-electron chi connectivity index (χ1n) is 20.8. The summed E-state index contributed by atoms with van der Waals surface area (Å²) < 4.78 is 0. The normalized spacial score (nSPS) is 14.0.